The molecule has 0 saturated carbocycles. The summed E-state index contributed by atoms with van der Waals surface area (Å²) in [6, 6.07) is 5.33. The van der Waals surface area contributed by atoms with Crippen molar-refractivity contribution in [2.24, 2.45) is 0 Å². The van der Waals surface area contributed by atoms with Gasteiger partial charge >= 0.3 is 5.97 Å². The molecule has 21 heavy (non-hydrogen) atoms. The zero-order valence-corrected chi connectivity index (χ0v) is 11.9. The number of aliphatic carboxylic acids is 1. The summed E-state index contributed by atoms with van der Waals surface area (Å²) in [5.74, 6) is -1.12. The number of carbonyl (C=O) groups excluding carboxylic acids is 1. The van der Waals surface area contributed by atoms with Crippen molar-refractivity contribution in [3.63, 3.8) is 0 Å². The molecule has 1 amide bonds. The third kappa shape index (κ3) is 3.44. The van der Waals surface area contributed by atoms with Gasteiger partial charge in [0.05, 0.1) is 12.1 Å². The lowest BCUT2D eigenvalue weighted by Crippen LogP contribution is -2.29. The van der Waals surface area contributed by atoms with Crippen LogP contribution in [0.25, 0.3) is 5.69 Å². The number of carboxylic acids is 1. The molecule has 0 spiro atoms. The zero-order chi connectivity index (χ0) is 15.4. The van der Waals surface area contributed by atoms with Crippen molar-refractivity contribution >= 4 is 11.9 Å². The molecule has 2 aromatic rings. The van der Waals surface area contributed by atoms with Crippen molar-refractivity contribution in [2.75, 3.05) is 13.6 Å². The lowest BCUT2D eigenvalue weighted by molar-refractivity contribution is -0.137. The number of hydrogen-bond donors (Lipinski definition) is 1. The van der Waals surface area contributed by atoms with Crippen LogP contribution < -0.4 is 0 Å². The van der Waals surface area contributed by atoms with Crippen LogP contribution in [-0.4, -0.2) is 50.2 Å². The maximum absolute atomic E-state index is 12.3. The Balaban J connectivity index is 2.17. The molecule has 0 atom stereocenters. The third-order valence-corrected chi connectivity index (χ3v) is 3.13. The molecule has 0 aliphatic heterocycles. The lowest BCUT2D eigenvalue weighted by atomic mass is 10.1. The Bertz CT molecular complexity index is 652. The number of aromatic nitrogens is 3. The van der Waals surface area contributed by atoms with Crippen LogP contribution >= 0.6 is 0 Å². The molecule has 0 aliphatic rings. The highest BCUT2D eigenvalue weighted by Gasteiger charge is 2.15. The molecule has 1 heterocycles. The van der Waals surface area contributed by atoms with Gasteiger partial charge in [-0.15, -0.1) is 0 Å². The molecule has 0 aliphatic carbocycles. The Labute approximate surface area is 121 Å². The molecule has 2 rings (SSSR count). The molecule has 110 valence electrons. The monoisotopic (exact) mass is 288 g/mol. The Kier molecular flexibility index (Phi) is 4.32. The Morgan fingerprint density at radius 3 is 2.71 bits per heavy atom. The Hall–Kier alpha value is -2.70. The number of rotatable bonds is 5. The highest BCUT2D eigenvalue weighted by molar-refractivity contribution is 5.95. The van der Waals surface area contributed by atoms with E-state index in [0.717, 1.165) is 11.3 Å². The molecule has 7 heteroatoms. The molecular weight excluding hydrogens is 272 g/mol. The maximum Gasteiger partial charge on any atom is 0.305 e. The fraction of sp³-hybridized carbons (Fsp3) is 0.286. The van der Waals surface area contributed by atoms with Gasteiger partial charge in [0.25, 0.3) is 5.91 Å². The largest absolute Gasteiger partial charge is 0.481 e. The molecule has 1 aromatic heterocycles. The number of carbonyl (C=O) groups is 2. The standard InChI is InChI=1S/C14H16N4O3/c1-10-7-11(18-9-15-8-16-18)3-4-12(10)14(21)17(2)6-5-13(19)20/h3-4,7-9H,5-6H2,1-2H3,(H,19,20). The van der Waals surface area contributed by atoms with Crippen molar-refractivity contribution in [2.45, 2.75) is 13.3 Å². The number of carboxylic acid groups (broad SMARTS) is 1. The first kappa shape index (κ1) is 14.7. The van der Waals surface area contributed by atoms with Crippen LogP contribution in [0.15, 0.2) is 30.9 Å². The minimum absolute atomic E-state index is 0.0711. The summed E-state index contributed by atoms with van der Waals surface area (Å²) in [7, 11) is 1.59. The van der Waals surface area contributed by atoms with Gasteiger partial charge in [-0.1, -0.05) is 0 Å². The number of amides is 1. The lowest BCUT2D eigenvalue weighted by Gasteiger charge is -2.17. The highest BCUT2D eigenvalue weighted by Crippen LogP contribution is 2.15. The number of nitrogens with zero attached hydrogens (tertiary/aromatic N) is 4. The maximum atomic E-state index is 12.3. The highest BCUT2D eigenvalue weighted by atomic mass is 16.4. The molecule has 0 fully saturated rings. The quantitative estimate of drug-likeness (QED) is 0.890. The van der Waals surface area contributed by atoms with E-state index in [1.165, 1.54) is 11.2 Å². The Morgan fingerprint density at radius 1 is 1.38 bits per heavy atom. The van der Waals surface area contributed by atoms with Crippen molar-refractivity contribution in [3.8, 4) is 5.69 Å². The van der Waals surface area contributed by atoms with Gasteiger partial charge in [0.2, 0.25) is 0 Å². The van der Waals surface area contributed by atoms with Gasteiger partial charge in [0, 0.05) is 19.2 Å². The van der Waals surface area contributed by atoms with E-state index in [1.54, 1.807) is 30.2 Å². The molecule has 0 bridgehead atoms. The van der Waals surface area contributed by atoms with Crippen LogP contribution in [0, 0.1) is 6.92 Å². The van der Waals surface area contributed by atoms with E-state index in [1.807, 2.05) is 13.0 Å². The van der Waals surface area contributed by atoms with E-state index in [-0.39, 0.29) is 18.9 Å². The van der Waals surface area contributed by atoms with Crippen molar-refractivity contribution in [3.05, 3.63) is 42.0 Å². The normalized spacial score (nSPS) is 10.4. The molecule has 0 unspecified atom stereocenters. The fourth-order valence-corrected chi connectivity index (χ4v) is 1.94. The van der Waals surface area contributed by atoms with E-state index in [9.17, 15) is 9.59 Å². The molecule has 1 aromatic carbocycles. The Morgan fingerprint density at radius 2 is 2.14 bits per heavy atom. The first-order chi connectivity index (χ1) is 9.99. The predicted molar refractivity (Wildman–Crippen MR) is 75.3 cm³/mol. The topological polar surface area (TPSA) is 88.3 Å². The first-order valence-electron chi connectivity index (χ1n) is 6.42. The number of aryl methyl sites for hydroxylation is 1. The van der Waals surface area contributed by atoms with Gasteiger partial charge in [-0.3, -0.25) is 9.59 Å². The van der Waals surface area contributed by atoms with Gasteiger partial charge in [-0.2, -0.15) is 5.10 Å². The van der Waals surface area contributed by atoms with Crippen molar-refractivity contribution in [1.29, 1.82) is 0 Å². The average Bonchev–Trinajstić information content (AvgIpc) is 2.98. The predicted octanol–water partition coefficient (Wildman–Crippen LogP) is 1.12. The van der Waals surface area contributed by atoms with Gasteiger partial charge in [-0.05, 0) is 30.7 Å². The van der Waals surface area contributed by atoms with Crippen LogP contribution in [0.4, 0.5) is 0 Å². The van der Waals surface area contributed by atoms with Crippen molar-refractivity contribution < 1.29 is 14.7 Å². The SMILES string of the molecule is Cc1cc(-n2cncn2)ccc1C(=O)N(C)CCC(=O)O. The molecule has 7 nitrogen and oxygen atoms in total. The minimum Gasteiger partial charge on any atom is -0.481 e. The molecule has 0 saturated heterocycles. The van der Waals surface area contributed by atoms with E-state index in [0.29, 0.717) is 5.56 Å². The molecular formula is C14H16N4O3. The van der Waals surface area contributed by atoms with Crippen LogP contribution in [0.1, 0.15) is 22.3 Å². The van der Waals surface area contributed by atoms with Gasteiger partial charge in [-0.25, -0.2) is 9.67 Å². The summed E-state index contributed by atoms with van der Waals surface area (Å²) in [5.41, 5.74) is 2.16. The minimum atomic E-state index is -0.923. The average molecular weight is 288 g/mol. The second-order valence-corrected chi connectivity index (χ2v) is 4.71. The van der Waals surface area contributed by atoms with E-state index in [4.69, 9.17) is 5.11 Å². The molecule has 0 radical (unpaired) electrons. The summed E-state index contributed by atoms with van der Waals surface area (Å²) in [5, 5.41) is 12.7. The van der Waals surface area contributed by atoms with Crippen LogP contribution in [0.5, 0.6) is 0 Å². The van der Waals surface area contributed by atoms with Crippen molar-refractivity contribution in [1.82, 2.24) is 19.7 Å². The summed E-state index contributed by atoms with van der Waals surface area (Å²) in [6.45, 7) is 2.01. The number of benzene rings is 1. The van der Waals surface area contributed by atoms with Gasteiger partial charge in [0.1, 0.15) is 12.7 Å². The van der Waals surface area contributed by atoms with Crippen LogP contribution in [0.2, 0.25) is 0 Å². The van der Waals surface area contributed by atoms with Gasteiger partial charge < -0.3 is 10.0 Å². The van der Waals surface area contributed by atoms with E-state index >= 15 is 0 Å². The second-order valence-electron chi connectivity index (χ2n) is 4.71. The zero-order valence-electron chi connectivity index (χ0n) is 11.9. The van der Waals surface area contributed by atoms with Crippen LogP contribution in [0.3, 0.4) is 0 Å². The van der Waals surface area contributed by atoms with Crippen LogP contribution in [-0.2, 0) is 4.79 Å². The summed E-state index contributed by atoms with van der Waals surface area (Å²) in [4.78, 5) is 28.1. The summed E-state index contributed by atoms with van der Waals surface area (Å²) < 4.78 is 1.61. The third-order valence-electron chi connectivity index (χ3n) is 3.13. The van der Waals surface area contributed by atoms with E-state index < -0.39 is 5.97 Å². The molecule has 1 N–H and O–H groups in total. The van der Waals surface area contributed by atoms with E-state index in [2.05, 4.69) is 10.1 Å². The number of hydrogen-bond acceptors (Lipinski definition) is 4. The summed E-state index contributed by atoms with van der Waals surface area (Å²) in [6.07, 6.45) is 2.95. The summed E-state index contributed by atoms with van der Waals surface area (Å²) >= 11 is 0. The van der Waals surface area contributed by atoms with Gasteiger partial charge in [0.15, 0.2) is 0 Å². The fourth-order valence-electron chi connectivity index (χ4n) is 1.94. The second kappa shape index (κ2) is 6.17. The first-order valence-corrected chi connectivity index (χ1v) is 6.42. The smallest absolute Gasteiger partial charge is 0.305 e.